The number of carbonyl (C=O) groups is 1. The summed E-state index contributed by atoms with van der Waals surface area (Å²) in [6.45, 7) is 3.55. The Labute approximate surface area is 53.2 Å². The second-order valence-electron chi connectivity index (χ2n) is 2.34. The van der Waals surface area contributed by atoms with Gasteiger partial charge in [0.1, 0.15) is 0 Å². The fourth-order valence-electron chi connectivity index (χ4n) is 1.05. The molecule has 3 heteroatoms. The maximum atomic E-state index is 10.3. The van der Waals surface area contributed by atoms with E-state index in [1.807, 2.05) is 0 Å². The molecular weight excluding hydrogens is 118 g/mol. The fourth-order valence-corrected chi connectivity index (χ4v) is 1.05. The Morgan fingerprint density at radius 1 is 1.89 bits per heavy atom. The predicted molar refractivity (Wildman–Crippen MR) is 32.9 cm³/mol. The zero-order valence-electron chi connectivity index (χ0n) is 5.00. The van der Waals surface area contributed by atoms with Crippen LogP contribution in [0.3, 0.4) is 0 Å². The molecule has 3 N–H and O–H groups in total. The number of nitrogens with two attached hydrogens (primary N) is 1. The van der Waals surface area contributed by atoms with E-state index < -0.39 is 11.9 Å². The third kappa shape index (κ3) is 0.833. The molecule has 1 saturated carbocycles. The van der Waals surface area contributed by atoms with E-state index in [9.17, 15) is 4.79 Å². The number of hydrogen-bond donors (Lipinski definition) is 2. The van der Waals surface area contributed by atoms with Crippen LogP contribution in [0.15, 0.2) is 12.2 Å². The largest absolute Gasteiger partial charge is 0.481 e. The Hall–Kier alpha value is -0.830. The Kier molecular flexibility index (Phi) is 1.29. The van der Waals surface area contributed by atoms with Crippen molar-refractivity contribution in [3.63, 3.8) is 0 Å². The molecule has 0 unspecified atom stereocenters. The van der Waals surface area contributed by atoms with Gasteiger partial charge in [0.15, 0.2) is 0 Å². The minimum absolute atomic E-state index is 0.199. The maximum Gasteiger partial charge on any atom is 0.312 e. The molecule has 1 rings (SSSR count). The minimum Gasteiger partial charge on any atom is -0.481 e. The number of aliphatic carboxylic acids is 1. The third-order valence-corrected chi connectivity index (χ3v) is 1.63. The quantitative estimate of drug-likeness (QED) is 0.486. The average molecular weight is 127 g/mol. The number of carboxylic acids is 1. The van der Waals surface area contributed by atoms with Crippen molar-refractivity contribution in [2.24, 2.45) is 11.7 Å². The highest BCUT2D eigenvalue weighted by Gasteiger charge is 2.37. The predicted octanol–water partition coefficient (Wildman–Crippen LogP) is -0.0256. The number of carboxylic acid groups (broad SMARTS) is 1. The summed E-state index contributed by atoms with van der Waals surface area (Å²) in [5.74, 6) is -1.33. The third-order valence-electron chi connectivity index (χ3n) is 1.63. The molecule has 50 valence electrons. The van der Waals surface area contributed by atoms with Crippen molar-refractivity contribution in [3.8, 4) is 0 Å². The average Bonchev–Trinajstić information content (AvgIpc) is 1.62. The molecule has 2 atom stereocenters. The fraction of sp³-hybridized carbons (Fsp3) is 0.500. The van der Waals surface area contributed by atoms with E-state index in [1.165, 1.54) is 0 Å². The van der Waals surface area contributed by atoms with Gasteiger partial charge >= 0.3 is 5.97 Å². The van der Waals surface area contributed by atoms with Crippen LogP contribution in [0.2, 0.25) is 0 Å². The molecule has 1 fully saturated rings. The van der Waals surface area contributed by atoms with Crippen molar-refractivity contribution in [1.82, 2.24) is 0 Å². The summed E-state index contributed by atoms with van der Waals surface area (Å²) in [6.07, 6.45) is 0.664. The first-order chi connectivity index (χ1) is 4.13. The lowest BCUT2D eigenvalue weighted by atomic mass is 9.76. The van der Waals surface area contributed by atoms with Crippen molar-refractivity contribution in [3.05, 3.63) is 12.2 Å². The normalized spacial score (nSPS) is 33.7. The lowest BCUT2D eigenvalue weighted by molar-refractivity contribution is -0.142. The van der Waals surface area contributed by atoms with E-state index in [4.69, 9.17) is 10.8 Å². The van der Waals surface area contributed by atoms with Crippen molar-refractivity contribution in [1.29, 1.82) is 0 Å². The van der Waals surface area contributed by atoms with Crippen molar-refractivity contribution in [2.45, 2.75) is 12.5 Å². The molecule has 0 saturated heterocycles. The van der Waals surface area contributed by atoms with Gasteiger partial charge in [0.25, 0.3) is 0 Å². The molecule has 1 aliphatic carbocycles. The van der Waals surface area contributed by atoms with Crippen LogP contribution < -0.4 is 5.73 Å². The standard InChI is InChI=1S/C6H9NO2/c1-3-2-4(7)5(3)6(8)9/h4-5H,1-2,7H2,(H,8,9)/t4-,5-/m1/s1. The lowest BCUT2D eigenvalue weighted by Gasteiger charge is -2.32. The summed E-state index contributed by atoms with van der Waals surface area (Å²) in [4.78, 5) is 10.3. The summed E-state index contributed by atoms with van der Waals surface area (Å²) in [7, 11) is 0. The van der Waals surface area contributed by atoms with E-state index in [-0.39, 0.29) is 6.04 Å². The van der Waals surface area contributed by atoms with Crippen LogP contribution in [0, 0.1) is 5.92 Å². The van der Waals surface area contributed by atoms with E-state index in [0.717, 1.165) is 5.57 Å². The molecule has 0 radical (unpaired) electrons. The highest BCUT2D eigenvalue weighted by Crippen LogP contribution is 2.30. The van der Waals surface area contributed by atoms with Crippen LogP contribution in [0.25, 0.3) is 0 Å². The Bertz CT molecular complexity index is 156. The van der Waals surface area contributed by atoms with Gasteiger partial charge in [-0.05, 0) is 6.42 Å². The number of rotatable bonds is 1. The second-order valence-corrected chi connectivity index (χ2v) is 2.34. The molecular formula is C6H9NO2. The van der Waals surface area contributed by atoms with Crippen LogP contribution in [-0.4, -0.2) is 17.1 Å². The second kappa shape index (κ2) is 1.84. The first-order valence-electron chi connectivity index (χ1n) is 2.79. The van der Waals surface area contributed by atoms with Crippen molar-refractivity contribution >= 4 is 5.97 Å². The van der Waals surface area contributed by atoms with Crippen LogP contribution in [0.4, 0.5) is 0 Å². The zero-order valence-corrected chi connectivity index (χ0v) is 5.00. The van der Waals surface area contributed by atoms with Gasteiger partial charge in [0.05, 0.1) is 5.92 Å². The van der Waals surface area contributed by atoms with Gasteiger partial charge in [0, 0.05) is 6.04 Å². The van der Waals surface area contributed by atoms with Gasteiger partial charge in [-0.15, -0.1) is 0 Å². The van der Waals surface area contributed by atoms with Crippen LogP contribution in [0.1, 0.15) is 6.42 Å². The molecule has 0 aliphatic heterocycles. The van der Waals surface area contributed by atoms with E-state index in [0.29, 0.717) is 6.42 Å². The molecule has 0 aromatic rings. The van der Waals surface area contributed by atoms with E-state index in [2.05, 4.69) is 6.58 Å². The Morgan fingerprint density at radius 3 is 2.56 bits per heavy atom. The molecule has 0 aromatic carbocycles. The van der Waals surface area contributed by atoms with Crippen molar-refractivity contribution in [2.75, 3.05) is 0 Å². The molecule has 0 amide bonds. The lowest BCUT2D eigenvalue weighted by Crippen LogP contribution is -2.45. The monoisotopic (exact) mass is 127 g/mol. The van der Waals surface area contributed by atoms with Crippen LogP contribution in [0.5, 0.6) is 0 Å². The van der Waals surface area contributed by atoms with Crippen LogP contribution >= 0.6 is 0 Å². The summed E-state index contributed by atoms with van der Waals surface area (Å²) < 4.78 is 0. The highest BCUT2D eigenvalue weighted by molar-refractivity contribution is 5.76. The minimum atomic E-state index is -0.848. The molecule has 3 nitrogen and oxygen atoms in total. The van der Waals surface area contributed by atoms with Gasteiger partial charge in [-0.25, -0.2) is 0 Å². The summed E-state index contributed by atoms with van der Waals surface area (Å²) >= 11 is 0. The van der Waals surface area contributed by atoms with E-state index >= 15 is 0 Å². The Morgan fingerprint density at radius 2 is 2.44 bits per heavy atom. The molecule has 1 aliphatic rings. The molecule has 0 heterocycles. The molecule has 0 aromatic heterocycles. The van der Waals surface area contributed by atoms with Crippen LogP contribution in [-0.2, 0) is 4.79 Å². The van der Waals surface area contributed by atoms with Gasteiger partial charge in [0.2, 0.25) is 0 Å². The van der Waals surface area contributed by atoms with Crippen molar-refractivity contribution < 1.29 is 9.90 Å². The molecule has 0 bridgehead atoms. The summed E-state index contributed by atoms with van der Waals surface area (Å²) in [5.41, 5.74) is 6.12. The summed E-state index contributed by atoms with van der Waals surface area (Å²) in [6, 6.07) is -0.199. The maximum absolute atomic E-state index is 10.3. The summed E-state index contributed by atoms with van der Waals surface area (Å²) in [5, 5.41) is 8.43. The van der Waals surface area contributed by atoms with Gasteiger partial charge in [-0.1, -0.05) is 12.2 Å². The van der Waals surface area contributed by atoms with E-state index in [1.54, 1.807) is 0 Å². The first-order valence-corrected chi connectivity index (χ1v) is 2.79. The SMILES string of the molecule is C=C1C[C@@H](N)[C@@H]1C(=O)O. The topological polar surface area (TPSA) is 63.3 Å². The Balaban J connectivity index is 2.59. The number of hydrogen-bond acceptors (Lipinski definition) is 2. The molecule has 9 heavy (non-hydrogen) atoms. The first kappa shape index (κ1) is 6.29. The molecule has 0 spiro atoms. The zero-order chi connectivity index (χ0) is 7.02. The smallest absolute Gasteiger partial charge is 0.312 e. The highest BCUT2D eigenvalue weighted by atomic mass is 16.4. The van der Waals surface area contributed by atoms with Gasteiger partial charge < -0.3 is 10.8 Å². The van der Waals surface area contributed by atoms with Gasteiger partial charge in [-0.2, -0.15) is 0 Å². The van der Waals surface area contributed by atoms with Gasteiger partial charge in [-0.3, -0.25) is 4.79 Å².